The molecule has 4 nitrogen and oxygen atoms in total. The maximum absolute atomic E-state index is 10.9. The van der Waals surface area contributed by atoms with Crippen LogP contribution in [0.5, 0.6) is 0 Å². The number of nitrogens with zero attached hydrogens (tertiary/aromatic N) is 1. The number of hydrogen-bond donors (Lipinski definition) is 2. The zero-order chi connectivity index (χ0) is 16.5. The summed E-state index contributed by atoms with van der Waals surface area (Å²) in [5.74, 6) is -0.0180. The molecule has 2 fully saturated rings. The third kappa shape index (κ3) is 2.84. The van der Waals surface area contributed by atoms with Gasteiger partial charge < -0.3 is 15.3 Å². The second kappa shape index (κ2) is 6.19. The Morgan fingerprint density at radius 2 is 1.92 bits per heavy atom. The largest absolute Gasteiger partial charge is 0.478 e. The summed E-state index contributed by atoms with van der Waals surface area (Å²) in [5, 5.41) is 12.5. The van der Waals surface area contributed by atoms with Gasteiger partial charge in [-0.15, -0.1) is 0 Å². The summed E-state index contributed by atoms with van der Waals surface area (Å²) in [6.45, 7) is 1.87. The molecule has 2 aromatic carbocycles. The molecule has 0 radical (unpaired) electrons. The van der Waals surface area contributed by atoms with E-state index >= 15 is 0 Å². The van der Waals surface area contributed by atoms with E-state index < -0.39 is 5.97 Å². The quantitative estimate of drug-likeness (QED) is 0.874. The lowest BCUT2D eigenvalue weighted by atomic mass is 10.1. The van der Waals surface area contributed by atoms with Crippen LogP contribution in [0, 0.1) is 5.92 Å². The lowest BCUT2D eigenvalue weighted by Gasteiger charge is -2.31. The Hall–Kier alpha value is -2.49. The standard InChI is InChI=1S/C20H22N2O2/c23-20(24)16-8-5-14(6-9-16)12-21-18-3-1-2-4-19(18)22-13-15-7-10-17(22)11-15/h1-6,8-9,15,17,21H,7,10-13H2,(H,23,24). The molecule has 2 aliphatic rings. The van der Waals surface area contributed by atoms with E-state index in [-0.39, 0.29) is 0 Å². The molecule has 1 aliphatic heterocycles. The maximum atomic E-state index is 10.9. The average molecular weight is 322 g/mol. The molecule has 2 bridgehead atoms. The number of carbonyl (C=O) groups is 1. The zero-order valence-corrected chi connectivity index (χ0v) is 13.6. The highest BCUT2D eigenvalue weighted by Gasteiger charge is 2.38. The van der Waals surface area contributed by atoms with Crippen molar-refractivity contribution in [3.05, 3.63) is 59.7 Å². The van der Waals surface area contributed by atoms with Crippen LogP contribution in [0.3, 0.4) is 0 Å². The Morgan fingerprint density at radius 1 is 1.12 bits per heavy atom. The fourth-order valence-corrected chi connectivity index (χ4v) is 4.06. The van der Waals surface area contributed by atoms with Crippen molar-refractivity contribution in [1.82, 2.24) is 0 Å². The highest BCUT2D eigenvalue weighted by molar-refractivity contribution is 5.87. The van der Waals surface area contributed by atoms with Crippen LogP contribution >= 0.6 is 0 Å². The van der Waals surface area contributed by atoms with Gasteiger partial charge in [-0.2, -0.15) is 0 Å². The molecule has 1 heterocycles. The summed E-state index contributed by atoms with van der Waals surface area (Å²) < 4.78 is 0. The number of rotatable bonds is 5. The lowest BCUT2D eigenvalue weighted by molar-refractivity contribution is 0.0697. The van der Waals surface area contributed by atoms with E-state index in [1.54, 1.807) is 12.1 Å². The van der Waals surface area contributed by atoms with Gasteiger partial charge in [0.15, 0.2) is 0 Å². The van der Waals surface area contributed by atoms with Gasteiger partial charge in [-0.1, -0.05) is 24.3 Å². The van der Waals surface area contributed by atoms with Crippen molar-refractivity contribution in [2.75, 3.05) is 16.8 Å². The Morgan fingerprint density at radius 3 is 2.58 bits per heavy atom. The minimum absolute atomic E-state index is 0.326. The topological polar surface area (TPSA) is 52.6 Å². The van der Waals surface area contributed by atoms with Crippen LogP contribution in [-0.4, -0.2) is 23.7 Å². The molecule has 2 aromatic rings. The Labute approximate surface area is 142 Å². The van der Waals surface area contributed by atoms with Crippen molar-refractivity contribution in [3.8, 4) is 0 Å². The molecule has 1 saturated heterocycles. The van der Waals surface area contributed by atoms with Crippen molar-refractivity contribution in [2.24, 2.45) is 5.92 Å². The van der Waals surface area contributed by atoms with Crippen LogP contribution in [0.15, 0.2) is 48.5 Å². The van der Waals surface area contributed by atoms with Gasteiger partial charge in [-0.05, 0) is 55.0 Å². The lowest BCUT2D eigenvalue weighted by Crippen LogP contribution is -2.32. The highest BCUT2D eigenvalue weighted by atomic mass is 16.4. The highest BCUT2D eigenvalue weighted by Crippen LogP contribution is 2.42. The zero-order valence-electron chi connectivity index (χ0n) is 13.6. The molecule has 0 aromatic heterocycles. The molecule has 0 spiro atoms. The first-order valence-corrected chi connectivity index (χ1v) is 8.62. The van der Waals surface area contributed by atoms with Crippen LogP contribution in [0.25, 0.3) is 0 Å². The number of benzene rings is 2. The van der Waals surface area contributed by atoms with Crippen molar-refractivity contribution in [1.29, 1.82) is 0 Å². The van der Waals surface area contributed by atoms with Crippen molar-refractivity contribution >= 4 is 17.3 Å². The first-order valence-electron chi connectivity index (χ1n) is 8.62. The number of fused-ring (bicyclic) bond motifs is 2. The Kier molecular flexibility index (Phi) is 3.89. The normalized spacial score (nSPS) is 21.9. The van der Waals surface area contributed by atoms with Crippen molar-refractivity contribution in [3.63, 3.8) is 0 Å². The molecule has 124 valence electrons. The van der Waals surface area contributed by atoms with E-state index in [1.165, 1.54) is 31.5 Å². The molecule has 24 heavy (non-hydrogen) atoms. The molecular weight excluding hydrogens is 300 g/mol. The first kappa shape index (κ1) is 15.1. The maximum Gasteiger partial charge on any atom is 0.335 e. The molecule has 1 aliphatic carbocycles. The molecule has 4 rings (SSSR count). The van der Waals surface area contributed by atoms with Crippen LogP contribution < -0.4 is 10.2 Å². The summed E-state index contributed by atoms with van der Waals surface area (Å²) in [6.07, 6.45) is 4.04. The van der Waals surface area contributed by atoms with Crippen LogP contribution in [0.1, 0.15) is 35.2 Å². The summed E-state index contributed by atoms with van der Waals surface area (Å²) in [7, 11) is 0. The number of carboxylic acid groups (broad SMARTS) is 1. The number of carboxylic acids is 1. The SMILES string of the molecule is O=C(O)c1ccc(CNc2ccccc2N2CC3CCC2C3)cc1. The van der Waals surface area contributed by atoms with Crippen LogP contribution in [0.4, 0.5) is 11.4 Å². The third-order valence-corrected chi connectivity index (χ3v) is 5.31. The van der Waals surface area contributed by atoms with E-state index in [9.17, 15) is 4.79 Å². The van der Waals surface area contributed by atoms with Gasteiger partial charge in [0.1, 0.15) is 0 Å². The fourth-order valence-electron chi connectivity index (χ4n) is 4.06. The fraction of sp³-hybridized carbons (Fsp3) is 0.350. The van der Waals surface area contributed by atoms with Gasteiger partial charge in [-0.3, -0.25) is 0 Å². The molecule has 4 heteroatoms. The average Bonchev–Trinajstić information content (AvgIpc) is 3.24. The second-order valence-corrected chi connectivity index (χ2v) is 6.86. The predicted octanol–water partition coefficient (Wildman–Crippen LogP) is 3.99. The minimum atomic E-state index is -0.885. The van der Waals surface area contributed by atoms with Crippen molar-refractivity contribution in [2.45, 2.75) is 31.8 Å². The van der Waals surface area contributed by atoms with Gasteiger partial charge in [0, 0.05) is 19.1 Å². The minimum Gasteiger partial charge on any atom is -0.478 e. The number of nitrogens with one attached hydrogen (secondary N) is 1. The monoisotopic (exact) mass is 322 g/mol. The number of anilines is 2. The predicted molar refractivity (Wildman–Crippen MR) is 95.6 cm³/mol. The van der Waals surface area contributed by atoms with E-state index in [2.05, 4.69) is 34.5 Å². The van der Waals surface area contributed by atoms with Crippen LogP contribution in [0.2, 0.25) is 0 Å². The van der Waals surface area contributed by atoms with Gasteiger partial charge in [0.2, 0.25) is 0 Å². The summed E-state index contributed by atoms with van der Waals surface area (Å²) in [5.41, 5.74) is 3.87. The second-order valence-electron chi connectivity index (χ2n) is 6.86. The molecule has 2 atom stereocenters. The number of para-hydroxylation sites is 2. The van der Waals surface area contributed by atoms with E-state index in [0.29, 0.717) is 18.2 Å². The number of hydrogen-bond acceptors (Lipinski definition) is 3. The smallest absolute Gasteiger partial charge is 0.335 e. The van der Waals surface area contributed by atoms with Gasteiger partial charge in [-0.25, -0.2) is 4.79 Å². The summed E-state index contributed by atoms with van der Waals surface area (Å²) in [6, 6.07) is 16.3. The summed E-state index contributed by atoms with van der Waals surface area (Å²) >= 11 is 0. The Balaban J connectivity index is 1.48. The molecule has 1 saturated carbocycles. The van der Waals surface area contributed by atoms with Crippen LogP contribution in [-0.2, 0) is 6.54 Å². The molecule has 2 unspecified atom stereocenters. The molecule has 0 amide bonds. The van der Waals surface area contributed by atoms with Gasteiger partial charge in [0.25, 0.3) is 0 Å². The van der Waals surface area contributed by atoms with Gasteiger partial charge in [0.05, 0.1) is 16.9 Å². The van der Waals surface area contributed by atoms with E-state index in [4.69, 9.17) is 5.11 Å². The molecular formula is C20H22N2O2. The summed E-state index contributed by atoms with van der Waals surface area (Å²) in [4.78, 5) is 13.5. The van der Waals surface area contributed by atoms with E-state index in [1.807, 2.05) is 12.1 Å². The van der Waals surface area contributed by atoms with E-state index in [0.717, 1.165) is 17.2 Å². The first-order chi connectivity index (χ1) is 11.7. The third-order valence-electron chi connectivity index (χ3n) is 5.31. The number of piperidine rings is 1. The molecule has 2 N–H and O–H groups in total. The van der Waals surface area contributed by atoms with Gasteiger partial charge >= 0.3 is 5.97 Å². The Bertz CT molecular complexity index is 742. The number of aromatic carboxylic acids is 1. The van der Waals surface area contributed by atoms with Crippen molar-refractivity contribution < 1.29 is 9.90 Å².